The van der Waals surface area contributed by atoms with Crippen molar-refractivity contribution in [3.05, 3.63) is 48.0 Å². The number of nitrogens with two attached hydrogens (primary N) is 1. The maximum atomic E-state index is 10.9. The molecule has 0 aliphatic rings. The van der Waals surface area contributed by atoms with Gasteiger partial charge in [0.1, 0.15) is 11.5 Å². The van der Waals surface area contributed by atoms with Gasteiger partial charge < -0.3 is 15.6 Å². The van der Waals surface area contributed by atoms with E-state index in [2.05, 4.69) is 0 Å². The molecule has 0 amide bonds. The van der Waals surface area contributed by atoms with E-state index in [9.17, 15) is 13.2 Å². The molecule has 0 bridgehead atoms. The van der Waals surface area contributed by atoms with E-state index < -0.39 is 16.7 Å². The van der Waals surface area contributed by atoms with Crippen LogP contribution in [0.2, 0.25) is 0 Å². The lowest BCUT2D eigenvalue weighted by atomic mass is 10.2. The number of aromatic carboxylic acids is 1. The van der Waals surface area contributed by atoms with Crippen molar-refractivity contribution < 1.29 is 23.1 Å². The average molecular weight is 293 g/mol. The van der Waals surface area contributed by atoms with Gasteiger partial charge in [-0.25, -0.2) is 13.2 Å². The number of thiol groups is 1. The van der Waals surface area contributed by atoms with Gasteiger partial charge in [-0.05, 0) is 42.5 Å². The standard InChI is InChI=1S/C13H11NO5S/c14-12-6-3-9(7-11(12)13(15)16)19-8-1-4-10(5-2-8)20(17)18/h1-7,20H,14H2,(H,15,16). The Bertz CT molecular complexity index is 714. The highest BCUT2D eigenvalue weighted by atomic mass is 32.2. The number of hydrogen-bond donors (Lipinski definition) is 3. The molecule has 3 N–H and O–H groups in total. The van der Waals surface area contributed by atoms with Gasteiger partial charge in [-0.3, -0.25) is 0 Å². The lowest BCUT2D eigenvalue weighted by molar-refractivity contribution is 0.0697. The van der Waals surface area contributed by atoms with E-state index in [0.29, 0.717) is 11.5 Å². The third kappa shape index (κ3) is 3.07. The minimum absolute atomic E-state index is 0.0539. The predicted molar refractivity (Wildman–Crippen MR) is 72.9 cm³/mol. The molecule has 0 saturated carbocycles. The van der Waals surface area contributed by atoms with Crippen LogP contribution in [0.3, 0.4) is 0 Å². The number of anilines is 1. The summed E-state index contributed by atoms with van der Waals surface area (Å²) in [5, 5.41) is 8.95. The zero-order valence-electron chi connectivity index (χ0n) is 10.1. The molecule has 0 radical (unpaired) electrons. The van der Waals surface area contributed by atoms with E-state index in [1.807, 2.05) is 0 Å². The molecule has 0 aliphatic heterocycles. The van der Waals surface area contributed by atoms with Gasteiger partial charge in [0.05, 0.1) is 10.5 Å². The highest BCUT2D eigenvalue weighted by Gasteiger charge is 2.09. The molecule has 0 spiro atoms. The van der Waals surface area contributed by atoms with Crippen LogP contribution in [0.5, 0.6) is 11.5 Å². The maximum Gasteiger partial charge on any atom is 0.337 e. The first kappa shape index (κ1) is 13.9. The number of hydrogen-bond acceptors (Lipinski definition) is 5. The molecule has 20 heavy (non-hydrogen) atoms. The molecule has 7 heteroatoms. The van der Waals surface area contributed by atoms with Gasteiger partial charge in [0.15, 0.2) is 10.7 Å². The quantitative estimate of drug-likeness (QED) is 0.585. The maximum absolute atomic E-state index is 10.9. The van der Waals surface area contributed by atoms with Crippen LogP contribution in [-0.4, -0.2) is 19.5 Å². The van der Waals surface area contributed by atoms with Crippen molar-refractivity contribution in [1.29, 1.82) is 0 Å². The summed E-state index contributed by atoms with van der Waals surface area (Å²) in [6.45, 7) is 0. The van der Waals surface area contributed by atoms with Crippen molar-refractivity contribution in [2.24, 2.45) is 0 Å². The van der Waals surface area contributed by atoms with Crippen LogP contribution >= 0.6 is 0 Å². The number of ether oxygens (including phenoxy) is 1. The van der Waals surface area contributed by atoms with Crippen LogP contribution in [0.1, 0.15) is 10.4 Å². The van der Waals surface area contributed by atoms with Gasteiger partial charge in [-0.15, -0.1) is 0 Å². The molecule has 0 fully saturated rings. The van der Waals surface area contributed by atoms with Crippen molar-refractivity contribution in [3.8, 4) is 11.5 Å². The molecule has 0 saturated heterocycles. The number of carbonyl (C=O) groups is 1. The Morgan fingerprint density at radius 3 is 2.20 bits per heavy atom. The lowest BCUT2D eigenvalue weighted by Gasteiger charge is -2.08. The van der Waals surface area contributed by atoms with Crippen molar-refractivity contribution in [2.45, 2.75) is 4.90 Å². The van der Waals surface area contributed by atoms with Crippen LogP contribution in [-0.2, 0) is 10.7 Å². The molecule has 104 valence electrons. The first-order chi connectivity index (χ1) is 9.47. The second-order valence-electron chi connectivity index (χ2n) is 3.91. The van der Waals surface area contributed by atoms with Crippen LogP contribution in [0.25, 0.3) is 0 Å². The van der Waals surface area contributed by atoms with E-state index in [0.717, 1.165) is 0 Å². The van der Waals surface area contributed by atoms with E-state index in [-0.39, 0.29) is 16.1 Å². The number of carboxylic acids is 1. The second kappa shape index (κ2) is 5.62. The minimum Gasteiger partial charge on any atom is -0.478 e. The Kier molecular flexibility index (Phi) is 3.90. The first-order valence-corrected chi connectivity index (χ1v) is 6.70. The summed E-state index contributed by atoms with van der Waals surface area (Å²) < 4.78 is 26.9. The Morgan fingerprint density at radius 1 is 1.05 bits per heavy atom. The molecular weight excluding hydrogens is 282 g/mol. The van der Waals surface area contributed by atoms with E-state index >= 15 is 0 Å². The van der Waals surface area contributed by atoms with Gasteiger partial charge in [0.2, 0.25) is 0 Å². The molecule has 0 aliphatic carbocycles. The number of benzene rings is 2. The van der Waals surface area contributed by atoms with Gasteiger partial charge in [-0.1, -0.05) is 0 Å². The van der Waals surface area contributed by atoms with Gasteiger partial charge in [0, 0.05) is 5.69 Å². The topological polar surface area (TPSA) is 107 Å². The summed E-state index contributed by atoms with van der Waals surface area (Å²) >= 11 is 0. The fraction of sp³-hybridized carbons (Fsp3) is 0. The molecule has 6 nitrogen and oxygen atoms in total. The van der Waals surface area contributed by atoms with Gasteiger partial charge in [-0.2, -0.15) is 0 Å². The SMILES string of the molecule is Nc1ccc(Oc2ccc([SH](=O)=O)cc2)cc1C(=O)O. The largest absolute Gasteiger partial charge is 0.478 e. The van der Waals surface area contributed by atoms with Crippen LogP contribution in [0.4, 0.5) is 5.69 Å². The Labute approximate surface area is 116 Å². The summed E-state index contributed by atoms with van der Waals surface area (Å²) in [6.07, 6.45) is 0. The molecule has 0 atom stereocenters. The summed E-state index contributed by atoms with van der Waals surface area (Å²) in [7, 11) is -2.64. The predicted octanol–water partition coefficient (Wildman–Crippen LogP) is 1.73. The van der Waals surface area contributed by atoms with Crippen molar-refractivity contribution in [1.82, 2.24) is 0 Å². The fourth-order valence-corrected chi connectivity index (χ4v) is 1.95. The third-order valence-corrected chi connectivity index (χ3v) is 3.26. The lowest BCUT2D eigenvalue weighted by Crippen LogP contribution is -2.02. The number of nitrogen functional groups attached to an aromatic ring is 1. The molecular formula is C13H11NO5S. The zero-order chi connectivity index (χ0) is 14.7. The molecule has 0 heterocycles. The van der Waals surface area contributed by atoms with Gasteiger partial charge >= 0.3 is 5.97 Å². The first-order valence-electron chi connectivity index (χ1n) is 5.52. The van der Waals surface area contributed by atoms with Crippen LogP contribution in [0.15, 0.2) is 47.4 Å². The zero-order valence-corrected chi connectivity index (χ0v) is 11.0. The van der Waals surface area contributed by atoms with E-state index in [1.165, 1.54) is 42.5 Å². The molecule has 2 aromatic rings. The van der Waals surface area contributed by atoms with Gasteiger partial charge in [0.25, 0.3) is 0 Å². The highest BCUT2D eigenvalue weighted by molar-refractivity contribution is 7.72. The Morgan fingerprint density at radius 2 is 1.65 bits per heavy atom. The summed E-state index contributed by atoms with van der Waals surface area (Å²) in [5.41, 5.74) is 5.62. The van der Waals surface area contributed by atoms with Crippen LogP contribution in [0, 0.1) is 0 Å². The van der Waals surface area contributed by atoms with Crippen molar-refractivity contribution >= 4 is 22.4 Å². The molecule has 2 aromatic carbocycles. The average Bonchev–Trinajstić information content (AvgIpc) is 2.41. The second-order valence-corrected chi connectivity index (χ2v) is 4.94. The summed E-state index contributed by atoms with van der Waals surface area (Å²) in [5.74, 6) is -0.450. The monoisotopic (exact) mass is 293 g/mol. The van der Waals surface area contributed by atoms with Crippen molar-refractivity contribution in [2.75, 3.05) is 5.73 Å². The Balaban J connectivity index is 2.26. The Hall–Kier alpha value is -2.54. The van der Waals surface area contributed by atoms with Crippen molar-refractivity contribution in [3.63, 3.8) is 0 Å². The molecule has 0 unspecified atom stereocenters. The summed E-state index contributed by atoms with van der Waals surface area (Å²) in [6, 6.07) is 10.0. The normalized spacial score (nSPS) is 10.4. The van der Waals surface area contributed by atoms with E-state index in [1.54, 1.807) is 0 Å². The molecule has 2 rings (SSSR count). The highest BCUT2D eigenvalue weighted by Crippen LogP contribution is 2.25. The molecule has 0 aromatic heterocycles. The van der Waals surface area contributed by atoms with E-state index in [4.69, 9.17) is 15.6 Å². The number of rotatable bonds is 4. The minimum atomic E-state index is -2.64. The summed E-state index contributed by atoms with van der Waals surface area (Å²) in [4.78, 5) is 11.1. The fourth-order valence-electron chi connectivity index (χ4n) is 1.56. The third-order valence-electron chi connectivity index (χ3n) is 2.54. The smallest absolute Gasteiger partial charge is 0.337 e. The van der Waals surface area contributed by atoms with Crippen LogP contribution < -0.4 is 10.5 Å². The number of carboxylic acid groups (broad SMARTS) is 1.